The zero-order valence-electron chi connectivity index (χ0n) is 12.9. The fourth-order valence-corrected chi connectivity index (χ4v) is 3.41. The highest BCUT2D eigenvalue weighted by molar-refractivity contribution is 5.93. The number of hydrogen-bond acceptors (Lipinski definition) is 3. The Labute approximate surface area is 129 Å². The summed E-state index contributed by atoms with van der Waals surface area (Å²) in [7, 11) is 0. The molecule has 22 heavy (non-hydrogen) atoms. The van der Waals surface area contributed by atoms with Crippen molar-refractivity contribution in [2.24, 2.45) is 11.7 Å². The van der Waals surface area contributed by atoms with Crippen LogP contribution in [0.15, 0.2) is 27.4 Å². The summed E-state index contributed by atoms with van der Waals surface area (Å²) in [5, 5.41) is 0.538. The molecule has 0 unspecified atom stereocenters. The molecule has 4 nitrogen and oxygen atoms in total. The summed E-state index contributed by atoms with van der Waals surface area (Å²) in [4.78, 5) is 24.5. The molecule has 116 valence electrons. The number of rotatable bonds is 3. The number of nitrogens with two attached hydrogens (primary N) is 1. The van der Waals surface area contributed by atoms with Crippen LogP contribution in [0, 0.1) is 12.8 Å². The van der Waals surface area contributed by atoms with E-state index in [9.17, 15) is 9.59 Å². The fraction of sp³-hybridized carbons (Fsp3) is 0.444. The lowest BCUT2D eigenvalue weighted by Gasteiger charge is -2.21. The Kier molecular flexibility index (Phi) is 4.01. The van der Waals surface area contributed by atoms with Crippen molar-refractivity contribution in [3.63, 3.8) is 0 Å². The molecule has 1 fully saturated rings. The van der Waals surface area contributed by atoms with Crippen molar-refractivity contribution in [2.75, 3.05) is 0 Å². The van der Waals surface area contributed by atoms with Crippen LogP contribution in [0.4, 0.5) is 0 Å². The summed E-state index contributed by atoms with van der Waals surface area (Å²) < 4.78 is 5.66. The van der Waals surface area contributed by atoms with E-state index in [0.717, 1.165) is 18.4 Å². The molecular formula is C18H21NO3. The zero-order chi connectivity index (χ0) is 15.7. The van der Waals surface area contributed by atoms with E-state index in [1.54, 1.807) is 6.07 Å². The Hall–Kier alpha value is -2.10. The predicted molar refractivity (Wildman–Crippen MR) is 86.0 cm³/mol. The lowest BCUT2D eigenvalue weighted by atomic mass is 9.84. The molecule has 1 aliphatic rings. The normalized spacial score (nSPS) is 16.0. The average molecular weight is 299 g/mol. The first-order valence-corrected chi connectivity index (χ1v) is 7.92. The molecule has 0 aliphatic heterocycles. The molecule has 0 radical (unpaired) electrons. The zero-order valence-corrected chi connectivity index (χ0v) is 12.9. The minimum Gasteiger partial charge on any atom is -0.450 e. The lowest BCUT2D eigenvalue weighted by Crippen LogP contribution is -2.23. The van der Waals surface area contributed by atoms with Crippen molar-refractivity contribution in [3.05, 3.63) is 45.3 Å². The largest absolute Gasteiger partial charge is 0.450 e. The van der Waals surface area contributed by atoms with Crippen molar-refractivity contribution < 1.29 is 9.21 Å². The maximum Gasteiger partial charge on any atom is 0.284 e. The molecule has 2 aromatic rings. The number of hydrogen-bond donors (Lipinski definition) is 1. The van der Waals surface area contributed by atoms with Crippen molar-refractivity contribution in [2.45, 2.75) is 45.4 Å². The molecule has 1 aliphatic carbocycles. The number of amides is 1. The smallest absolute Gasteiger partial charge is 0.284 e. The van der Waals surface area contributed by atoms with Crippen LogP contribution in [0.5, 0.6) is 0 Å². The molecule has 3 rings (SSSR count). The Morgan fingerprint density at radius 1 is 1.27 bits per heavy atom. The standard InChI is InChI=1S/C18H21NO3/c1-11-7-8-15-13(9-11)16(20)14(17(22-15)18(19)21)10-12-5-3-2-4-6-12/h7-9,12H,2-6,10H2,1H3,(H2,19,21). The van der Waals surface area contributed by atoms with Crippen molar-refractivity contribution in [3.8, 4) is 0 Å². The third-order valence-corrected chi connectivity index (χ3v) is 4.58. The van der Waals surface area contributed by atoms with Gasteiger partial charge < -0.3 is 10.2 Å². The van der Waals surface area contributed by atoms with Crippen LogP contribution in [0.1, 0.15) is 53.8 Å². The maximum atomic E-state index is 12.8. The molecule has 1 aromatic heterocycles. The minimum absolute atomic E-state index is 0.0342. The second-order valence-corrected chi connectivity index (χ2v) is 6.31. The summed E-state index contributed by atoms with van der Waals surface area (Å²) in [6.07, 6.45) is 6.42. The third-order valence-electron chi connectivity index (χ3n) is 4.58. The van der Waals surface area contributed by atoms with Crippen molar-refractivity contribution in [1.29, 1.82) is 0 Å². The van der Waals surface area contributed by atoms with Gasteiger partial charge in [0, 0.05) is 5.56 Å². The van der Waals surface area contributed by atoms with E-state index in [1.807, 2.05) is 19.1 Å². The van der Waals surface area contributed by atoms with Gasteiger partial charge in [0.15, 0.2) is 11.2 Å². The van der Waals surface area contributed by atoms with Gasteiger partial charge in [-0.05, 0) is 31.4 Å². The molecule has 1 heterocycles. The van der Waals surface area contributed by atoms with E-state index in [-0.39, 0.29) is 11.2 Å². The van der Waals surface area contributed by atoms with Gasteiger partial charge in [-0.3, -0.25) is 9.59 Å². The van der Waals surface area contributed by atoms with Crippen LogP contribution in [-0.4, -0.2) is 5.91 Å². The average Bonchev–Trinajstić information content (AvgIpc) is 2.51. The van der Waals surface area contributed by atoms with Crippen LogP contribution >= 0.6 is 0 Å². The Morgan fingerprint density at radius 3 is 2.68 bits per heavy atom. The summed E-state index contributed by atoms with van der Waals surface area (Å²) >= 11 is 0. The highest BCUT2D eigenvalue weighted by Crippen LogP contribution is 2.28. The van der Waals surface area contributed by atoms with E-state index in [1.165, 1.54) is 19.3 Å². The monoisotopic (exact) mass is 299 g/mol. The molecular weight excluding hydrogens is 278 g/mol. The number of benzene rings is 1. The Morgan fingerprint density at radius 2 is 2.00 bits per heavy atom. The number of aryl methyl sites for hydroxylation is 1. The first-order valence-electron chi connectivity index (χ1n) is 7.92. The third kappa shape index (κ3) is 2.78. The molecule has 0 atom stereocenters. The minimum atomic E-state index is -0.662. The predicted octanol–water partition coefficient (Wildman–Crippen LogP) is 3.32. The number of carbonyl (C=O) groups is 1. The van der Waals surface area contributed by atoms with E-state index in [0.29, 0.717) is 28.9 Å². The Bertz CT molecular complexity index is 770. The molecule has 1 amide bonds. The van der Waals surface area contributed by atoms with E-state index >= 15 is 0 Å². The van der Waals surface area contributed by atoms with Gasteiger partial charge >= 0.3 is 0 Å². The summed E-state index contributed by atoms with van der Waals surface area (Å²) in [5.41, 5.74) is 7.21. The van der Waals surface area contributed by atoms with E-state index in [2.05, 4.69) is 0 Å². The fourth-order valence-electron chi connectivity index (χ4n) is 3.41. The topological polar surface area (TPSA) is 73.3 Å². The molecule has 0 saturated heterocycles. The van der Waals surface area contributed by atoms with Crippen molar-refractivity contribution >= 4 is 16.9 Å². The van der Waals surface area contributed by atoms with Crippen LogP contribution in [-0.2, 0) is 6.42 Å². The molecule has 1 saturated carbocycles. The number of fused-ring (bicyclic) bond motifs is 1. The molecule has 1 aromatic carbocycles. The maximum absolute atomic E-state index is 12.8. The summed E-state index contributed by atoms with van der Waals surface area (Å²) in [6, 6.07) is 5.40. The van der Waals surface area contributed by atoms with Gasteiger partial charge in [0.25, 0.3) is 5.91 Å². The highest BCUT2D eigenvalue weighted by atomic mass is 16.3. The first kappa shape index (κ1) is 14.8. The number of carbonyl (C=O) groups excluding carboxylic acids is 1. The van der Waals surface area contributed by atoms with Crippen LogP contribution < -0.4 is 11.2 Å². The SMILES string of the molecule is Cc1ccc2oc(C(N)=O)c(CC3CCCCC3)c(=O)c2c1. The van der Waals surface area contributed by atoms with Gasteiger partial charge in [-0.1, -0.05) is 43.7 Å². The summed E-state index contributed by atoms with van der Waals surface area (Å²) in [5.74, 6) is -0.186. The van der Waals surface area contributed by atoms with Gasteiger partial charge in [-0.25, -0.2) is 0 Å². The van der Waals surface area contributed by atoms with Gasteiger partial charge in [0.2, 0.25) is 0 Å². The van der Waals surface area contributed by atoms with Crippen LogP contribution in [0.2, 0.25) is 0 Å². The van der Waals surface area contributed by atoms with Crippen molar-refractivity contribution in [1.82, 2.24) is 0 Å². The highest BCUT2D eigenvalue weighted by Gasteiger charge is 2.23. The molecule has 4 heteroatoms. The molecule has 0 spiro atoms. The van der Waals surface area contributed by atoms with Crippen LogP contribution in [0.25, 0.3) is 11.0 Å². The van der Waals surface area contributed by atoms with E-state index < -0.39 is 5.91 Å². The summed E-state index contributed by atoms with van der Waals surface area (Å²) in [6.45, 7) is 1.93. The molecule has 2 N–H and O–H groups in total. The lowest BCUT2D eigenvalue weighted by molar-refractivity contribution is 0.0972. The second kappa shape index (κ2) is 5.95. The first-order chi connectivity index (χ1) is 10.6. The second-order valence-electron chi connectivity index (χ2n) is 6.31. The molecule has 0 bridgehead atoms. The van der Waals surface area contributed by atoms with Gasteiger partial charge in [-0.15, -0.1) is 0 Å². The van der Waals surface area contributed by atoms with Crippen LogP contribution in [0.3, 0.4) is 0 Å². The number of primary amides is 1. The van der Waals surface area contributed by atoms with Gasteiger partial charge in [-0.2, -0.15) is 0 Å². The Balaban J connectivity index is 2.12. The van der Waals surface area contributed by atoms with E-state index in [4.69, 9.17) is 10.2 Å². The quantitative estimate of drug-likeness (QED) is 0.944. The van der Waals surface area contributed by atoms with Gasteiger partial charge in [0.05, 0.1) is 5.39 Å². The van der Waals surface area contributed by atoms with Gasteiger partial charge in [0.1, 0.15) is 5.58 Å².